The van der Waals surface area contributed by atoms with Gasteiger partial charge in [-0.2, -0.15) is 0 Å². The van der Waals surface area contributed by atoms with Crippen molar-refractivity contribution in [1.82, 2.24) is 4.90 Å². The largest absolute Gasteiger partial charge is 0.497 e. The van der Waals surface area contributed by atoms with Gasteiger partial charge in [0, 0.05) is 10.0 Å². The maximum absolute atomic E-state index is 6.27. The first kappa shape index (κ1) is 19.4. The lowest BCUT2D eigenvalue weighted by atomic mass is 10.2. The highest BCUT2D eigenvalue weighted by molar-refractivity contribution is 9.10. The lowest BCUT2D eigenvalue weighted by Crippen LogP contribution is -3.13. The number of halogens is 2. The van der Waals surface area contributed by atoms with Crippen LogP contribution < -0.4 is 15.0 Å². The number of piperazine rings is 1. The summed E-state index contributed by atoms with van der Waals surface area (Å²) in [7, 11) is 1.70. The Hall–Kier alpha value is -1.34. The summed E-state index contributed by atoms with van der Waals surface area (Å²) in [5, 5.41) is 4.65. The molecule has 1 heterocycles. The van der Waals surface area contributed by atoms with Gasteiger partial charge in [-0.1, -0.05) is 39.7 Å². The average Bonchev–Trinajstić information content (AvgIpc) is 2.64. The van der Waals surface area contributed by atoms with Crippen LogP contribution in [0.5, 0.6) is 5.75 Å². The normalized spacial score (nSPS) is 15.0. The Morgan fingerprint density at radius 1 is 1.27 bits per heavy atom. The highest BCUT2D eigenvalue weighted by Gasteiger charge is 2.22. The maximum Gasteiger partial charge on any atom is 0.173 e. The Labute approximate surface area is 173 Å². The minimum atomic E-state index is 0.656. The van der Waals surface area contributed by atoms with Gasteiger partial charge in [0.25, 0.3) is 0 Å². The van der Waals surface area contributed by atoms with E-state index in [-0.39, 0.29) is 0 Å². The lowest BCUT2D eigenvalue weighted by molar-refractivity contribution is -0.917. The van der Waals surface area contributed by atoms with Crippen LogP contribution in [-0.2, 0) is 6.54 Å². The summed E-state index contributed by atoms with van der Waals surface area (Å²) in [4.78, 5) is 3.77. The van der Waals surface area contributed by atoms with E-state index in [1.165, 1.54) is 5.56 Å². The van der Waals surface area contributed by atoms with E-state index >= 15 is 0 Å². The predicted octanol–water partition coefficient (Wildman–Crippen LogP) is 3.21. The van der Waals surface area contributed by atoms with E-state index in [0.717, 1.165) is 53.7 Å². The second-order valence-electron chi connectivity index (χ2n) is 6.32. The van der Waals surface area contributed by atoms with Crippen LogP contribution in [0.3, 0.4) is 0 Å². The summed E-state index contributed by atoms with van der Waals surface area (Å²) in [5.74, 6) is 0.914. The van der Waals surface area contributed by atoms with Crippen LogP contribution >= 0.6 is 39.7 Å². The quantitative estimate of drug-likeness (QED) is 0.693. The third kappa shape index (κ3) is 5.10. The second kappa shape index (κ2) is 9.04. The van der Waals surface area contributed by atoms with Gasteiger partial charge >= 0.3 is 0 Å². The fourth-order valence-corrected chi connectivity index (χ4v) is 4.07. The molecule has 1 saturated heterocycles. The van der Waals surface area contributed by atoms with Crippen LogP contribution in [0, 0.1) is 0 Å². The number of anilines is 1. The van der Waals surface area contributed by atoms with Crippen molar-refractivity contribution in [3.05, 3.63) is 57.5 Å². The SMILES string of the molecule is COc1cccc(C[NH+]2CCN(C(=S)Nc3ccc(Br)cc3Cl)CC2)c1. The fourth-order valence-electron chi connectivity index (χ4n) is 3.06. The first-order valence-corrected chi connectivity index (χ1v) is 10.1. The average molecular weight is 456 g/mol. The maximum atomic E-state index is 6.27. The van der Waals surface area contributed by atoms with Crippen molar-refractivity contribution >= 4 is 50.5 Å². The predicted molar refractivity (Wildman–Crippen MR) is 114 cm³/mol. The van der Waals surface area contributed by atoms with Gasteiger partial charge in [-0.15, -0.1) is 0 Å². The van der Waals surface area contributed by atoms with Gasteiger partial charge in [-0.3, -0.25) is 0 Å². The zero-order chi connectivity index (χ0) is 18.5. The first-order valence-electron chi connectivity index (χ1n) is 8.52. The van der Waals surface area contributed by atoms with Crippen molar-refractivity contribution in [2.45, 2.75) is 6.54 Å². The van der Waals surface area contributed by atoms with Crippen LogP contribution in [0.4, 0.5) is 5.69 Å². The number of methoxy groups -OCH3 is 1. The third-order valence-electron chi connectivity index (χ3n) is 4.52. The zero-order valence-corrected chi connectivity index (χ0v) is 17.8. The molecule has 3 rings (SSSR count). The third-order valence-corrected chi connectivity index (χ3v) is 5.68. The van der Waals surface area contributed by atoms with Gasteiger partial charge in [0.2, 0.25) is 0 Å². The molecule has 26 heavy (non-hydrogen) atoms. The molecule has 1 aliphatic rings. The number of ether oxygens (including phenoxy) is 1. The zero-order valence-electron chi connectivity index (χ0n) is 14.6. The van der Waals surface area contributed by atoms with Crippen molar-refractivity contribution in [2.75, 3.05) is 38.6 Å². The molecule has 2 aromatic rings. The number of hydrogen-bond acceptors (Lipinski definition) is 2. The van der Waals surface area contributed by atoms with E-state index in [4.69, 9.17) is 28.6 Å². The molecule has 0 atom stereocenters. The number of hydrogen-bond donors (Lipinski definition) is 2. The Balaban J connectivity index is 1.52. The number of nitrogens with one attached hydrogen (secondary N) is 2. The smallest absolute Gasteiger partial charge is 0.173 e. The van der Waals surface area contributed by atoms with Gasteiger partial charge in [0.05, 0.1) is 44.0 Å². The van der Waals surface area contributed by atoms with Gasteiger partial charge in [0.15, 0.2) is 5.11 Å². The summed E-state index contributed by atoms with van der Waals surface area (Å²) in [6.45, 7) is 4.96. The van der Waals surface area contributed by atoms with Crippen LogP contribution in [-0.4, -0.2) is 43.3 Å². The van der Waals surface area contributed by atoms with Gasteiger partial charge < -0.3 is 19.9 Å². The van der Waals surface area contributed by atoms with Crippen LogP contribution in [0.2, 0.25) is 5.02 Å². The van der Waals surface area contributed by atoms with E-state index in [1.54, 1.807) is 12.0 Å². The number of nitrogens with zero attached hydrogens (tertiary/aromatic N) is 1. The molecule has 2 aromatic carbocycles. The molecule has 0 unspecified atom stereocenters. The molecule has 1 aliphatic heterocycles. The fraction of sp³-hybridized carbons (Fsp3) is 0.316. The van der Waals surface area contributed by atoms with E-state index in [2.05, 4.69) is 38.3 Å². The standard InChI is InChI=1S/C19H21BrClN3OS/c1-25-16-4-2-3-14(11-16)13-23-7-9-24(10-8-23)19(26)22-18-6-5-15(20)12-17(18)21/h2-6,11-12H,7-10,13H2,1H3,(H,22,26)/p+1. The van der Waals surface area contributed by atoms with Crippen molar-refractivity contribution < 1.29 is 9.64 Å². The molecule has 0 saturated carbocycles. The summed E-state index contributed by atoms with van der Waals surface area (Å²) in [6, 6.07) is 14.0. The lowest BCUT2D eigenvalue weighted by Gasteiger charge is -2.34. The van der Waals surface area contributed by atoms with Crippen LogP contribution in [0.25, 0.3) is 0 Å². The van der Waals surface area contributed by atoms with Gasteiger partial charge in [0.1, 0.15) is 12.3 Å². The molecule has 0 aliphatic carbocycles. The highest BCUT2D eigenvalue weighted by atomic mass is 79.9. The Morgan fingerprint density at radius 2 is 2.04 bits per heavy atom. The Kier molecular flexibility index (Phi) is 6.75. The Morgan fingerprint density at radius 3 is 2.73 bits per heavy atom. The molecular weight excluding hydrogens is 434 g/mol. The molecule has 0 aromatic heterocycles. The first-order chi connectivity index (χ1) is 12.5. The minimum absolute atomic E-state index is 0.656. The van der Waals surface area contributed by atoms with Crippen LogP contribution in [0.15, 0.2) is 46.9 Å². The molecule has 1 fully saturated rings. The molecule has 2 N–H and O–H groups in total. The van der Waals surface area contributed by atoms with Crippen molar-refractivity contribution in [3.8, 4) is 5.75 Å². The number of thiocarbonyl (C=S) groups is 1. The van der Waals surface area contributed by atoms with E-state index in [0.29, 0.717) is 5.02 Å². The molecule has 0 spiro atoms. The number of quaternary nitrogens is 1. The van der Waals surface area contributed by atoms with Crippen molar-refractivity contribution in [1.29, 1.82) is 0 Å². The molecule has 4 nitrogen and oxygen atoms in total. The summed E-state index contributed by atoms with van der Waals surface area (Å²) in [6.07, 6.45) is 0. The molecule has 0 bridgehead atoms. The molecule has 7 heteroatoms. The number of rotatable bonds is 4. The van der Waals surface area contributed by atoms with Crippen molar-refractivity contribution in [2.24, 2.45) is 0 Å². The van der Waals surface area contributed by atoms with Gasteiger partial charge in [-0.05, 0) is 42.5 Å². The summed E-state index contributed by atoms with van der Waals surface area (Å²) >= 11 is 15.2. The minimum Gasteiger partial charge on any atom is -0.497 e. The monoisotopic (exact) mass is 454 g/mol. The molecule has 0 amide bonds. The topological polar surface area (TPSA) is 28.9 Å². The summed E-state index contributed by atoms with van der Waals surface area (Å²) < 4.78 is 6.26. The molecular formula is C19H22BrClN3OS+. The van der Waals surface area contributed by atoms with Gasteiger partial charge in [-0.25, -0.2) is 0 Å². The van der Waals surface area contributed by atoms with Crippen molar-refractivity contribution in [3.63, 3.8) is 0 Å². The molecule has 138 valence electrons. The van der Waals surface area contributed by atoms with E-state index in [9.17, 15) is 0 Å². The van der Waals surface area contributed by atoms with E-state index in [1.807, 2.05) is 30.3 Å². The highest BCUT2D eigenvalue weighted by Crippen LogP contribution is 2.25. The molecule has 0 radical (unpaired) electrons. The second-order valence-corrected chi connectivity index (χ2v) is 8.03. The van der Waals surface area contributed by atoms with E-state index < -0.39 is 0 Å². The number of benzene rings is 2. The van der Waals surface area contributed by atoms with Crippen LogP contribution in [0.1, 0.15) is 5.56 Å². The summed E-state index contributed by atoms with van der Waals surface area (Å²) in [5.41, 5.74) is 2.14. The Bertz CT molecular complexity index is 781.